The Balaban J connectivity index is 1.87. The highest BCUT2D eigenvalue weighted by atomic mass is 28.3. The van der Waals surface area contributed by atoms with Crippen LogP contribution in [0.2, 0.25) is 25.7 Å². The number of hydrogen-bond donors (Lipinski definition) is 4. The molecule has 288 valence electrons. The molecule has 14 heteroatoms. The molecule has 4 N–H and O–H groups in total. The summed E-state index contributed by atoms with van der Waals surface area (Å²) in [5.41, 5.74) is 2.55. The molecule has 3 rings (SSSR count). The molecule has 2 aliphatic heterocycles. The van der Waals surface area contributed by atoms with Crippen molar-refractivity contribution in [2.45, 2.75) is 104 Å². The van der Waals surface area contributed by atoms with Gasteiger partial charge in [-0.3, -0.25) is 29.0 Å². The van der Waals surface area contributed by atoms with E-state index in [2.05, 4.69) is 41.0 Å². The number of dihydropyridines is 1. The van der Waals surface area contributed by atoms with E-state index in [4.69, 9.17) is 14.2 Å². The Morgan fingerprint density at radius 3 is 2.48 bits per heavy atom. The molecule has 0 aromatic heterocycles. The molecule has 0 aromatic rings. The lowest BCUT2D eigenvalue weighted by Crippen LogP contribution is -2.61. The monoisotopic (exact) mass is 741 g/mol. The van der Waals surface area contributed by atoms with Crippen molar-refractivity contribution < 1.29 is 38.2 Å². The first-order valence-electron chi connectivity index (χ1n) is 18.1. The van der Waals surface area contributed by atoms with Crippen molar-refractivity contribution in [3.05, 3.63) is 60.0 Å². The van der Waals surface area contributed by atoms with Gasteiger partial charge in [-0.1, -0.05) is 63.9 Å². The van der Waals surface area contributed by atoms with Crippen LogP contribution in [0.3, 0.4) is 0 Å². The van der Waals surface area contributed by atoms with Crippen molar-refractivity contribution in [1.82, 2.24) is 26.4 Å². The van der Waals surface area contributed by atoms with Gasteiger partial charge in [-0.25, -0.2) is 5.43 Å². The first-order valence-corrected chi connectivity index (χ1v) is 21.8. The molecule has 0 radical (unpaired) electrons. The predicted molar refractivity (Wildman–Crippen MR) is 202 cm³/mol. The van der Waals surface area contributed by atoms with Crippen molar-refractivity contribution in [2.24, 2.45) is 16.7 Å². The molecule has 13 nitrogen and oxygen atoms in total. The third-order valence-corrected chi connectivity index (χ3v) is 11.2. The number of carbonyl (C=O) groups excluding carboxylic acids is 5. The lowest BCUT2D eigenvalue weighted by atomic mass is 9.74. The van der Waals surface area contributed by atoms with Gasteiger partial charge in [0.05, 0.1) is 24.5 Å². The summed E-state index contributed by atoms with van der Waals surface area (Å²) in [6, 6.07) is -1.68. The molecule has 0 aromatic carbocycles. The summed E-state index contributed by atoms with van der Waals surface area (Å²) in [4.78, 5) is 65.5. The molecule has 1 aliphatic carbocycles. The molecule has 0 saturated carbocycles. The van der Waals surface area contributed by atoms with Gasteiger partial charge >= 0.3 is 11.9 Å². The molecule has 1 fully saturated rings. The quantitative estimate of drug-likeness (QED) is 0.0795. The maximum absolute atomic E-state index is 14.3. The molecule has 1 unspecified atom stereocenters. The zero-order chi connectivity index (χ0) is 38.9. The Morgan fingerprint density at radius 1 is 1.13 bits per heavy atom. The van der Waals surface area contributed by atoms with Gasteiger partial charge in [0.25, 0.3) is 5.91 Å². The Hall–Kier alpha value is -4.01. The molecule has 52 heavy (non-hydrogen) atoms. The highest BCUT2D eigenvalue weighted by molar-refractivity contribution is 6.76. The van der Waals surface area contributed by atoms with Crippen LogP contribution in [0.5, 0.6) is 0 Å². The van der Waals surface area contributed by atoms with Crippen LogP contribution in [0.15, 0.2) is 60.0 Å². The first-order chi connectivity index (χ1) is 24.3. The van der Waals surface area contributed by atoms with Crippen LogP contribution in [0.4, 0.5) is 0 Å². The number of nitrogens with one attached hydrogen (secondary N) is 4. The van der Waals surface area contributed by atoms with Gasteiger partial charge in [0, 0.05) is 40.0 Å². The largest absolute Gasteiger partial charge is 0.468 e. The van der Waals surface area contributed by atoms with Gasteiger partial charge in [0.2, 0.25) is 11.8 Å². The minimum atomic E-state index is -1.43. The minimum Gasteiger partial charge on any atom is -0.468 e. The van der Waals surface area contributed by atoms with Gasteiger partial charge in [-0.05, 0) is 63.3 Å². The molecule has 2 heterocycles. The predicted octanol–water partition coefficient (Wildman–Crippen LogP) is 3.65. The highest BCUT2D eigenvalue weighted by Gasteiger charge is 2.40. The topological polar surface area (TPSA) is 164 Å². The van der Waals surface area contributed by atoms with Crippen LogP contribution in [-0.4, -0.2) is 93.8 Å². The first kappa shape index (κ1) is 42.4. The Kier molecular flexibility index (Phi) is 14.8. The second-order valence-electron chi connectivity index (χ2n) is 15.6. The van der Waals surface area contributed by atoms with Gasteiger partial charge < -0.3 is 30.2 Å². The SMILES string of the molecule is COC(=O)[C@@H]1CCCN(C(=O)[C@H](C)NC(=O)[C@@H](NC(=O)[C@@](C)(/C=C/C2([C@@H](C)OC(C)=O)C=CC3=CC=CNC3=C2)COCC[Si](C)(C)C)C(C)C)N1. The highest BCUT2D eigenvalue weighted by Crippen LogP contribution is 2.39. The summed E-state index contributed by atoms with van der Waals surface area (Å²) in [5, 5.41) is 10.3. The number of rotatable bonds is 16. The molecular formula is C38H59N5O8Si. The van der Waals surface area contributed by atoms with Crippen molar-refractivity contribution in [1.29, 1.82) is 0 Å². The number of ether oxygens (including phenoxy) is 3. The molecule has 0 spiro atoms. The number of allylic oxidation sites excluding steroid dienone is 3. The number of nitrogens with zero attached hydrogens (tertiary/aromatic N) is 1. The smallest absolute Gasteiger partial charge is 0.324 e. The Morgan fingerprint density at radius 2 is 1.85 bits per heavy atom. The Labute approximate surface area is 309 Å². The fourth-order valence-electron chi connectivity index (χ4n) is 5.99. The van der Waals surface area contributed by atoms with E-state index >= 15 is 0 Å². The van der Waals surface area contributed by atoms with E-state index in [1.54, 1.807) is 26.8 Å². The van der Waals surface area contributed by atoms with E-state index < -0.39 is 72.8 Å². The standard InChI is InChI=1S/C38H59N5O8Si/c1-25(2)32(33(45)40-26(3)34(46)43-20-12-14-30(42-43)35(47)49-7)41-36(48)37(6,24-50-21-22-52(8,9)10)17-18-38(27(4)51-28(5)44)16-15-29-13-11-19-39-31(29)23-38/h11,13,15-19,23,25-27,30,32,39,42H,12,14,20-22,24H2,1-10H3,(H,40,45)(H,41,48)/b18-17+/t26-,27+,30-,32-,37-,38?/m0/s1. The molecular weight excluding hydrogens is 683 g/mol. The molecule has 3 amide bonds. The third-order valence-electron chi connectivity index (χ3n) is 9.47. The van der Waals surface area contributed by atoms with Crippen LogP contribution >= 0.6 is 0 Å². The Bertz CT molecular complexity index is 1500. The van der Waals surface area contributed by atoms with E-state index in [9.17, 15) is 24.0 Å². The number of fused-ring (bicyclic) bond motifs is 1. The normalized spacial score (nSPS) is 22.9. The fraction of sp³-hybridized carbons (Fsp3) is 0.605. The summed E-state index contributed by atoms with van der Waals surface area (Å²) in [5.74, 6) is -2.61. The van der Waals surface area contributed by atoms with Crippen molar-refractivity contribution in [2.75, 3.05) is 26.9 Å². The van der Waals surface area contributed by atoms with E-state index in [0.29, 0.717) is 26.0 Å². The van der Waals surface area contributed by atoms with Gasteiger partial charge in [-0.2, -0.15) is 0 Å². The number of esters is 2. The second kappa shape index (κ2) is 18.2. The number of hydrogen-bond acceptors (Lipinski definition) is 10. The number of amides is 3. The van der Waals surface area contributed by atoms with Crippen LogP contribution in [-0.2, 0) is 38.2 Å². The van der Waals surface area contributed by atoms with Gasteiger partial charge in [-0.15, -0.1) is 0 Å². The fourth-order valence-corrected chi connectivity index (χ4v) is 6.74. The van der Waals surface area contributed by atoms with E-state index in [-0.39, 0.29) is 12.5 Å². The van der Waals surface area contributed by atoms with Gasteiger partial charge in [0.15, 0.2) is 0 Å². The average molecular weight is 742 g/mol. The summed E-state index contributed by atoms with van der Waals surface area (Å²) in [7, 11) is -0.138. The van der Waals surface area contributed by atoms with Crippen LogP contribution < -0.4 is 21.4 Å². The van der Waals surface area contributed by atoms with Crippen molar-refractivity contribution >= 4 is 37.7 Å². The maximum atomic E-state index is 14.3. The average Bonchev–Trinajstić information content (AvgIpc) is 3.09. The van der Waals surface area contributed by atoms with E-state index in [1.165, 1.54) is 19.0 Å². The van der Waals surface area contributed by atoms with Gasteiger partial charge in [0.1, 0.15) is 24.2 Å². The lowest BCUT2D eigenvalue weighted by Gasteiger charge is -2.36. The van der Waals surface area contributed by atoms with Crippen LogP contribution in [0.1, 0.15) is 54.4 Å². The third kappa shape index (κ3) is 11.5. The molecule has 3 aliphatic rings. The van der Waals surface area contributed by atoms with E-state index in [0.717, 1.165) is 17.3 Å². The van der Waals surface area contributed by atoms with Crippen LogP contribution in [0, 0.1) is 16.7 Å². The summed E-state index contributed by atoms with van der Waals surface area (Å²) < 4.78 is 16.7. The number of methoxy groups -OCH3 is 1. The zero-order valence-electron chi connectivity index (χ0n) is 32.5. The molecule has 1 saturated heterocycles. The maximum Gasteiger partial charge on any atom is 0.324 e. The van der Waals surface area contributed by atoms with Crippen molar-refractivity contribution in [3.63, 3.8) is 0 Å². The van der Waals surface area contributed by atoms with Crippen LogP contribution in [0.25, 0.3) is 0 Å². The number of carbonyl (C=O) groups is 5. The summed E-state index contributed by atoms with van der Waals surface area (Å²) in [6.45, 7) is 17.7. The number of hydrazine groups is 1. The minimum absolute atomic E-state index is 0.0353. The summed E-state index contributed by atoms with van der Waals surface area (Å²) >= 11 is 0. The summed E-state index contributed by atoms with van der Waals surface area (Å²) in [6.07, 6.45) is 15.7. The molecule has 6 atom stereocenters. The molecule has 0 bridgehead atoms. The van der Waals surface area contributed by atoms with Crippen molar-refractivity contribution in [3.8, 4) is 0 Å². The lowest BCUT2D eigenvalue weighted by molar-refractivity contribution is -0.151. The second-order valence-corrected chi connectivity index (χ2v) is 21.3. The van der Waals surface area contributed by atoms with E-state index in [1.807, 2.05) is 56.5 Å². The zero-order valence-corrected chi connectivity index (χ0v) is 33.5.